The van der Waals surface area contributed by atoms with E-state index in [9.17, 15) is 44.3 Å². The van der Waals surface area contributed by atoms with Crippen LogP contribution in [-0.2, 0) is 32.7 Å². The number of aromatic nitrogens is 1. The van der Waals surface area contributed by atoms with Crippen LogP contribution in [0.25, 0.3) is 11.6 Å². The van der Waals surface area contributed by atoms with Crippen molar-refractivity contribution in [3.8, 4) is 0 Å². The first-order valence-electron chi connectivity index (χ1n) is 13.7. The zero-order valence-corrected chi connectivity index (χ0v) is 25.1. The van der Waals surface area contributed by atoms with Crippen molar-refractivity contribution in [1.29, 1.82) is 0 Å². The van der Waals surface area contributed by atoms with E-state index in [4.69, 9.17) is 0 Å². The molecule has 1 saturated heterocycles. The Bertz CT molecular complexity index is 1840. The van der Waals surface area contributed by atoms with Gasteiger partial charge in [-0.15, -0.1) is 0 Å². The summed E-state index contributed by atoms with van der Waals surface area (Å²) in [6.45, 7) is 5.97. The van der Waals surface area contributed by atoms with Crippen molar-refractivity contribution < 1.29 is 44.3 Å². The standard InChI is InChI=1S/C30H28F6N4O4S/c1-16-25(37-17(2)26(16)28(42)40-10-8-39(3)9-11-40)14-22-21-13-20(5-7-24(21)38-27(22)41)45(43,44)15-18-12-19(29(31,32)33)4-6-23(18)30(34,35)36/h4-7,12-14,37H,8-11,15H2,1-3H3,(H,38,41)/b22-14-. The lowest BCUT2D eigenvalue weighted by Crippen LogP contribution is -2.47. The summed E-state index contributed by atoms with van der Waals surface area (Å²) >= 11 is 0. The molecular weight excluding hydrogens is 626 g/mol. The quantitative estimate of drug-likeness (QED) is 0.279. The first kappa shape index (κ1) is 32.3. The summed E-state index contributed by atoms with van der Waals surface area (Å²) in [6.07, 6.45) is -8.64. The van der Waals surface area contributed by atoms with Crippen molar-refractivity contribution in [3.05, 3.63) is 81.2 Å². The number of hydrogen-bond acceptors (Lipinski definition) is 5. The zero-order valence-electron chi connectivity index (χ0n) is 24.3. The van der Waals surface area contributed by atoms with Gasteiger partial charge in [0, 0.05) is 48.8 Å². The van der Waals surface area contributed by atoms with Gasteiger partial charge in [0.05, 0.1) is 32.9 Å². The van der Waals surface area contributed by atoms with Crippen LogP contribution in [0.15, 0.2) is 41.3 Å². The van der Waals surface area contributed by atoms with Crippen LogP contribution in [0, 0.1) is 13.8 Å². The van der Waals surface area contributed by atoms with Crippen molar-refractivity contribution in [1.82, 2.24) is 14.8 Å². The second-order valence-corrected chi connectivity index (χ2v) is 13.1. The number of aromatic amines is 1. The minimum absolute atomic E-state index is 0.0278. The number of anilines is 1. The van der Waals surface area contributed by atoms with E-state index in [2.05, 4.69) is 15.2 Å². The Balaban J connectivity index is 1.50. The molecule has 2 aliphatic heterocycles. The topological polar surface area (TPSA) is 103 Å². The monoisotopic (exact) mass is 654 g/mol. The second kappa shape index (κ2) is 11.4. The van der Waals surface area contributed by atoms with Gasteiger partial charge in [-0.25, -0.2) is 8.42 Å². The Labute approximate surface area is 254 Å². The predicted octanol–water partition coefficient (Wildman–Crippen LogP) is 5.52. The molecule has 1 aromatic heterocycles. The number of carbonyl (C=O) groups excluding carboxylic acids is 2. The van der Waals surface area contributed by atoms with E-state index in [0.717, 1.165) is 25.2 Å². The summed E-state index contributed by atoms with van der Waals surface area (Å²) < 4.78 is 107. The third kappa shape index (κ3) is 6.36. The lowest BCUT2D eigenvalue weighted by atomic mass is 10.0. The maximum atomic E-state index is 13.6. The van der Waals surface area contributed by atoms with Gasteiger partial charge in [-0.05, 0) is 74.5 Å². The normalized spacial score (nSPS) is 17.1. The minimum Gasteiger partial charge on any atom is -0.358 e. The Morgan fingerprint density at radius 3 is 2.24 bits per heavy atom. The number of H-pyrrole nitrogens is 1. The fourth-order valence-electron chi connectivity index (χ4n) is 5.51. The summed E-state index contributed by atoms with van der Waals surface area (Å²) in [5.74, 6) is -2.12. The smallest absolute Gasteiger partial charge is 0.358 e. The van der Waals surface area contributed by atoms with Gasteiger partial charge in [0.1, 0.15) is 0 Å². The summed E-state index contributed by atoms with van der Waals surface area (Å²) in [5, 5.41) is 2.60. The molecule has 2 N–H and O–H groups in total. The van der Waals surface area contributed by atoms with E-state index >= 15 is 0 Å². The number of aryl methyl sites for hydroxylation is 1. The lowest BCUT2D eigenvalue weighted by molar-refractivity contribution is -0.141. The second-order valence-electron chi connectivity index (χ2n) is 11.1. The van der Waals surface area contributed by atoms with E-state index in [1.807, 2.05) is 7.05 Å². The van der Waals surface area contributed by atoms with E-state index in [-0.39, 0.29) is 40.9 Å². The van der Waals surface area contributed by atoms with E-state index in [1.54, 1.807) is 18.7 Å². The molecule has 3 heterocycles. The van der Waals surface area contributed by atoms with Crippen molar-refractivity contribution in [3.63, 3.8) is 0 Å². The molecule has 0 unspecified atom stereocenters. The largest absolute Gasteiger partial charge is 0.416 e. The van der Waals surface area contributed by atoms with Crippen LogP contribution in [0.1, 0.15) is 49.6 Å². The molecule has 1 fully saturated rings. The fraction of sp³-hybridized carbons (Fsp3) is 0.333. The van der Waals surface area contributed by atoms with Crippen molar-refractivity contribution >= 4 is 39.0 Å². The highest BCUT2D eigenvalue weighted by molar-refractivity contribution is 7.90. The third-order valence-corrected chi connectivity index (χ3v) is 9.65. The molecule has 2 aliphatic rings. The number of fused-ring (bicyclic) bond motifs is 1. The van der Waals surface area contributed by atoms with Crippen LogP contribution in [0.3, 0.4) is 0 Å². The Morgan fingerprint density at radius 2 is 1.62 bits per heavy atom. The highest BCUT2D eigenvalue weighted by Gasteiger charge is 2.38. The third-order valence-electron chi connectivity index (χ3n) is 7.99. The number of amides is 2. The molecule has 2 aromatic carbocycles. The van der Waals surface area contributed by atoms with Crippen LogP contribution in [0.2, 0.25) is 0 Å². The van der Waals surface area contributed by atoms with Crippen molar-refractivity contribution in [2.24, 2.45) is 0 Å². The number of rotatable bonds is 5. The average Bonchev–Trinajstić information content (AvgIpc) is 3.40. The van der Waals surface area contributed by atoms with Crippen LogP contribution < -0.4 is 5.32 Å². The number of piperazine rings is 1. The predicted molar refractivity (Wildman–Crippen MR) is 154 cm³/mol. The van der Waals surface area contributed by atoms with Gasteiger partial charge in [-0.3, -0.25) is 9.59 Å². The lowest BCUT2D eigenvalue weighted by Gasteiger charge is -2.32. The van der Waals surface area contributed by atoms with Gasteiger partial charge in [-0.1, -0.05) is 0 Å². The minimum atomic E-state index is -5.10. The Hall–Kier alpha value is -4.11. The fourth-order valence-corrected chi connectivity index (χ4v) is 6.90. The molecule has 0 atom stereocenters. The maximum absolute atomic E-state index is 13.6. The molecule has 0 bridgehead atoms. The van der Waals surface area contributed by atoms with Gasteiger partial charge >= 0.3 is 12.4 Å². The first-order valence-corrected chi connectivity index (χ1v) is 15.4. The maximum Gasteiger partial charge on any atom is 0.416 e. The highest BCUT2D eigenvalue weighted by atomic mass is 32.2. The zero-order chi connectivity index (χ0) is 33.1. The molecule has 0 spiro atoms. The number of nitrogens with zero attached hydrogens (tertiary/aromatic N) is 2. The van der Waals surface area contributed by atoms with Crippen LogP contribution >= 0.6 is 0 Å². The van der Waals surface area contributed by atoms with Gasteiger partial charge in [0.25, 0.3) is 11.8 Å². The number of sulfone groups is 1. The molecule has 5 rings (SSSR count). The average molecular weight is 655 g/mol. The molecule has 8 nitrogen and oxygen atoms in total. The number of hydrogen-bond donors (Lipinski definition) is 2. The molecular formula is C30H28F6N4O4S. The summed E-state index contributed by atoms with van der Waals surface area (Å²) in [4.78, 5) is 32.7. The van der Waals surface area contributed by atoms with Crippen LogP contribution in [-0.4, -0.2) is 68.2 Å². The first-order chi connectivity index (χ1) is 20.9. The summed E-state index contributed by atoms with van der Waals surface area (Å²) in [6, 6.07) is 4.06. The molecule has 3 aromatic rings. The van der Waals surface area contributed by atoms with Crippen LogP contribution in [0.4, 0.5) is 32.0 Å². The van der Waals surface area contributed by atoms with Crippen LogP contribution in [0.5, 0.6) is 0 Å². The molecule has 240 valence electrons. The van der Waals surface area contributed by atoms with Crippen molar-refractivity contribution in [2.45, 2.75) is 36.8 Å². The molecule has 45 heavy (non-hydrogen) atoms. The van der Waals surface area contributed by atoms with E-state index in [0.29, 0.717) is 35.6 Å². The molecule has 15 heteroatoms. The van der Waals surface area contributed by atoms with Gasteiger partial charge in [0.2, 0.25) is 0 Å². The van der Waals surface area contributed by atoms with E-state index < -0.39 is 55.4 Å². The molecule has 0 radical (unpaired) electrons. The van der Waals surface area contributed by atoms with Gasteiger partial charge < -0.3 is 20.1 Å². The van der Waals surface area contributed by atoms with E-state index in [1.165, 1.54) is 12.1 Å². The SMILES string of the molecule is Cc1[nH]c(/C=C2\C(=O)Nc3ccc(S(=O)(=O)Cc4cc(C(F)(F)F)ccc4C(F)(F)F)cc32)c(C)c1C(=O)N1CCN(C)CC1. The summed E-state index contributed by atoms with van der Waals surface area (Å²) in [5.41, 5.74) is -1.59. The number of alkyl halides is 6. The van der Waals surface area contributed by atoms with Gasteiger partial charge in [-0.2, -0.15) is 26.3 Å². The molecule has 0 aliphatic carbocycles. The van der Waals surface area contributed by atoms with Crippen molar-refractivity contribution in [2.75, 3.05) is 38.5 Å². The highest BCUT2D eigenvalue weighted by Crippen LogP contribution is 2.39. The Kier molecular flexibility index (Phi) is 8.15. The number of halogens is 6. The number of carbonyl (C=O) groups is 2. The number of nitrogens with one attached hydrogen (secondary N) is 2. The van der Waals surface area contributed by atoms with Gasteiger partial charge in [0.15, 0.2) is 9.84 Å². The summed E-state index contributed by atoms with van der Waals surface area (Å²) in [7, 11) is -2.66. The number of likely N-dealkylation sites (N-methyl/N-ethyl adjacent to an activating group) is 1. The number of benzene rings is 2. The molecule has 0 saturated carbocycles. The molecule has 2 amide bonds. The Morgan fingerprint density at radius 1 is 0.956 bits per heavy atom.